The van der Waals surface area contributed by atoms with Gasteiger partial charge in [-0.05, 0) is 46.1 Å². The molecule has 4 heteroatoms. The summed E-state index contributed by atoms with van der Waals surface area (Å²) >= 11 is 9.51. The second kappa shape index (κ2) is 3.91. The molecule has 0 saturated carbocycles. The Labute approximate surface area is 96.0 Å². The monoisotopic (exact) mass is 272 g/mol. The Morgan fingerprint density at radius 2 is 2.29 bits per heavy atom. The van der Waals surface area contributed by atoms with E-state index in [1.165, 1.54) is 0 Å². The van der Waals surface area contributed by atoms with Gasteiger partial charge in [0, 0.05) is 11.0 Å². The molecule has 0 N–H and O–H groups in total. The number of rotatable bonds is 2. The van der Waals surface area contributed by atoms with Gasteiger partial charge in [0.05, 0.1) is 5.52 Å². The maximum Gasteiger partial charge on any atom is 0.203 e. The van der Waals surface area contributed by atoms with Crippen molar-refractivity contribution in [2.45, 2.75) is 19.9 Å². The summed E-state index contributed by atoms with van der Waals surface area (Å²) in [4.78, 5) is 4.31. The van der Waals surface area contributed by atoms with Gasteiger partial charge in [-0.25, -0.2) is 4.98 Å². The predicted octanol–water partition coefficient (Wildman–Crippen LogP) is 3.86. The fourth-order valence-electron chi connectivity index (χ4n) is 1.52. The topological polar surface area (TPSA) is 17.8 Å². The molecule has 0 bridgehead atoms. The summed E-state index contributed by atoms with van der Waals surface area (Å²) in [6.07, 6.45) is 1.05. The van der Waals surface area contributed by atoms with Gasteiger partial charge in [-0.1, -0.05) is 13.0 Å². The van der Waals surface area contributed by atoms with Gasteiger partial charge in [-0.3, -0.25) is 0 Å². The molecular weight excluding hydrogens is 263 g/mol. The molecule has 0 aliphatic rings. The molecule has 2 aromatic rings. The van der Waals surface area contributed by atoms with Crippen LogP contribution >= 0.6 is 27.5 Å². The first kappa shape index (κ1) is 9.99. The van der Waals surface area contributed by atoms with Crippen molar-refractivity contribution >= 4 is 38.6 Å². The molecule has 0 spiro atoms. The zero-order valence-corrected chi connectivity index (χ0v) is 10.1. The molecule has 0 aliphatic heterocycles. The molecule has 0 unspecified atom stereocenters. The molecule has 0 amide bonds. The van der Waals surface area contributed by atoms with Crippen molar-refractivity contribution in [3.8, 4) is 0 Å². The van der Waals surface area contributed by atoms with Crippen LogP contribution in [0.1, 0.15) is 13.3 Å². The van der Waals surface area contributed by atoms with Crippen LogP contribution in [0.15, 0.2) is 22.7 Å². The number of fused-ring (bicyclic) bond motifs is 1. The van der Waals surface area contributed by atoms with Crippen molar-refractivity contribution in [2.24, 2.45) is 0 Å². The third-order valence-corrected chi connectivity index (χ3v) is 3.06. The number of aromatic nitrogens is 2. The molecule has 0 aliphatic carbocycles. The number of nitrogens with zero attached hydrogens (tertiary/aromatic N) is 2. The summed E-state index contributed by atoms with van der Waals surface area (Å²) in [5, 5.41) is 0.564. The molecule has 0 radical (unpaired) electrons. The molecule has 0 saturated heterocycles. The summed E-state index contributed by atoms with van der Waals surface area (Å²) in [7, 11) is 0. The van der Waals surface area contributed by atoms with Crippen molar-refractivity contribution in [1.82, 2.24) is 9.55 Å². The van der Waals surface area contributed by atoms with E-state index in [9.17, 15) is 0 Å². The molecule has 74 valence electrons. The summed E-state index contributed by atoms with van der Waals surface area (Å²) in [6.45, 7) is 3.03. The molecule has 14 heavy (non-hydrogen) atoms. The minimum Gasteiger partial charge on any atom is -0.315 e. The molecule has 2 rings (SSSR count). The maximum atomic E-state index is 6.05. The maximum absolute atomic E-state index is 6.05. The van der Waals surface area contributed by atoms with Crippen molar-refractivity contribution < 1.29 is 0 Å². The number of hydrogen-bond donors (Lipinski definition) is 0. The lowest BCUT2D eigenvalue weighted by molar-refractivity contribution is 0.698. The van der Waals surface area contributed by atoms with Crippen LogP contribution in [0, 0.1) is 0 Å². The van der Waals surface area contributed by atoms with Crippen LogP contribution in [0.2, 0.25) is 5.28 Å². The Hall–Kier alpha value is -0.540. The molecule has 1 aromatic carbocycles. The third kappa shape index (κ3) is 1.55. The van der Waals surface area contributed by atoms with Gasteiger partial charge in [0.25, 0.3) is 0 Å². The van der Waals surface area contributed by atoms with Crippen LogP contribution in [-0.2, 0) is 6.54 Å². The van der Waals surface area contributed by atoms with Crippen molar-refractivity contribution in [3.05, 3.63) is 28.0 Å². The van der Waals surface area contributed by atoms with Crippen LogP contribution in [0.25, 0.3) is 11.0 Å². The van der Waals surface area contributed by atoms with E-state index in [0.29, 0.717) is 5.28 Å². The first-order valence-electron chi connectivity index (χ1n) is 4.54. The first-order chi connectivity index (χ1) is 6.74. The second-order valence-corrected chi connectivity index (χ2v) is 4.33. The van der Waals surface area contributed by atoms with E-state index in [0.717, 1.165) is 28.5 Å². The SMILES string of the molecule is CCCn1c(Cl)nc2c(Br)cccc21. The van der Waals surface area contributed by atoms with Gasteiger partial charge in [-0.15, -0.1) is 0 Å². The van der Waals surface area contributed by atoms with Gasteiger partial charge >= 0.3 is 0 Å². The highest BCUT2D eigenvalue weighted by Crippen LogP contribution is 2.26. The third-order valence-electron chi connectivity index (χ3n) is 2.13. The van der Waals surface area contributed by atoms with Crippen LogP contribution in [0.4, 0.5) is 0 Å². The van der Waals surface area contributed by atoms with Gasteiger partial charge in [0.2, 0.25) is 5.28 Å². The number of halogens is 2. The Morgan fingerprint density at radius 3 is 3.00 bits per heavy atom. The predicted molar refractivity (Wildman–Crippen MR) is 62.7 cm³/mol. The van der Waals surface area contributed by atoms with Crippen molar-refractivity contribution in [3.63, 3.8) is 0 Å². The van der Waals surface area contributed by atoms with Crippen molar-refractivity contribution in [2.75, 3.05) is 0 Å². The fraction of sp³-hybridized carbons (Fsp3) is 0.300. The normalized spacial score (nSPS) is 11.1. The average molecular weight is 274 g/mol. The second-order valence-electron chi connectivity index (χ2n) is 3.14. The Bertz CT molecular complexity index is 464. The summed E-state index contributed by atoms with van der Waals surface area (Å²) < 4.78 is 3.02. The van der Waals surface area contributed by atoms with E-state index in [2.05, 4.69) is 27.8 Å². The minimum atomic E-state index is 0.564. The van der Waals surface area contributed by atoms with E-state index in [-0.39, 0.29) is 0 Å². The zero-order chi connectivity index (χ0) is 10.1. The van der Waals surface area contributed by atoms with Crippen LogP contribution in [-0.4, -0.2) is 9.55 Å². The molecule has 0 fully saturated rings. The number of aryl methyl sites for hydroxylation is 1. The Balaban J connectivity index is 2.70. The lowest BCUT2D eigenvalue weighted by Gasteiger charge is -2.02. The standard InChI is InChI=1S/C10H10BrClN2/c1-2-6-14-8-5-3-4-7(11)9(8)13-10(14)12/h3-5H,2,6H2,1H3. The lowest BCUT2D eigenvalue weighted by Crippen LogP contribution is -1.95. The van der Waals surface area contributed by atoms with E-state index >= 15 is 0 Å². The van der Waals surface area contributed by atoms with Crippen LogP contribution in [0.5, 0.6) is 0 Å². The number of benzene rings is 1. The smallest absolute Gasteiger partial charge is 0.203 e. The number of para-hydroxylation sites is 1. The molecular formula is C10H10BrClN2. The largest absolute Gasteiger partial charge is 0.315 e. The van der Waals surface area contributed by atoms with Gasteiger partial charge in [-0.2, -0.15) is 0 Å². The Kier molecular flexibility index (Phi) is 2.79. The van der Waals surface area contributed by atoms with E-state index in [1.807, 2.05) is 22.8 Å². The lowest BCUT2D eigenvalue weighted by atomic mass is 10.3. The van der Waals surface area contributed by atoms with E-state index < -0.39 is 0 Å². The highest BCUT2D eigenvalue weighted by Gasteiger charge is 2.09. The van der Waals surface area contributed by atoms with Crippen molar-refractivity contribution in [1.29, 1.82) is 0 Å². The zero-order valence-electron chi connectivity index (χ0n) is 7.80. The number of imidazole rings is 1. The minimum absolute atomic E-state index is 0.564. The van der Waals surface area contributed by atoms with E-state index in [1.54, 1.807) is 0 Å². The average Bonchev–Trinajstić information content (AvgIpc) is 2.47. The van der Waals surface area contributed by atoms with Gasteiger partial charge in [0.1, 0.15) is 5.52 Å². The molecule has 2 nitrogen and oxygen atoms in total. The fourth-order valence-corrected chi connectivity index (χ4v) is 2.23. The summed E-state index contributed by atoms with van der Waals surface area (Å²) in [6, 6.07) is 6.01. The van der Waals surface area contributed by atoms with Gasteiger partial charge < -0.3 is 4.57 Å². The highest BCUT2D eigenvalue weighted by atomic mass is 79.9. The number of hydrogen-bond acceptors (Lipinski definition) is 1. The van der Waals surface area contributed by atoms with Gasteiger partial charge in [0.15, 0.2) is 0 Å². The molecule has 0 atom stereocenters. The van der Waals surface area contributed by atoms with Crippen LogP contribution in [0.3, 0.4) is 0 Å². The van der Waals surface area contributed by atoms with Crippen LogP contribution < -0.4 is 0 Å². The molecule has 1 heterocycles. The Morgan fingerprint density at radius 1 is 1.50 bits per heavy atom. The molecule has 1 aromatic heterocycles. The first-order valence-corrected chi connectivity index (χ1v) is 5.71. The van der Waals surface area contributed by atoms with E-state index in [4.69, 9.17) is 11.6 Å². The highest BCUT2D eigenvalue weighted by molar-refractivity contribution is 9.10. The summed E-state index contributed by atoms with van der Waals surface area (Å²) in [5.41, 5.74) is 2.03. The summed E-state index contributed by atoms with van der Waals surface area (Å²) in [5.74, 6) is 0. The quantitative estimate of drug-likeness (QED) is 0.812.